The predicted octanol–water partition coefficient (Wildman–Crippen LogP) is 2.12. The zero-order chi connectivity index (χ0) is 14.9. The molecule has 2 fully saturated rings. The van der Waals surface area contributed by atoms with Crippen molar-refractivity contribution in [1.82, 2.24) is 14.9 Å². The van der Waals surface area contributed by atoms with Crippen molar-refractivity contribution in [1.29, 1.82) is 0 Å². The Morgan fingerprint density at radius 1 is 1.09 bits per heavy atom. The van der Waals surface area contributed by atoms with Crippen molar-refractivity contribution in [2.75, 3.05) is 31.1 Å². The summed E-state index contributed by atoms with van der Waals surface area (Å²) in [5.74, 6) is 1.06. The summed E-state index contributed by atoms with van der Waals surface area (Å²) in [6.07, 6.45) is 6.07. The lowest BCUT2D eigenvalue weighted by atomic mass is 9.91. The summed E-state index contributed by atoms with van der Waals surface area (Å²) in [5, 5.41) is 13.5. The fourth-order valence-corrected chi connectivity index (χ4v) is 4.54. The van der Waals surface area contributed by atoms with Crippen molar-refractivity contribution in [3.63, 3.8) is 0 Å². The van der Waals surface area contributed by atoms with Crippen molar-refractivity contribution in [2.24, 2.45) is 0 Å². The average Bonchev–Trinajstić information content (AvgIpc) is 3.04. The third-order valence-corrected chi connectivity index (χ3v) is 5.84. The Balaban J connectivity index is 1.46. The van der Waals surface area contributed by atoms with Gasteiger partial charge in [0.2, 0.25) is 0 Å². The van der Waals surface area contributed by atoms with Crippen LogP contribution in [0.1, 0.15) is 25.7 Å². The normalized spacial score (nSPS) is 27.4. The molecule has 0 radical (unpaired) electrons. The Labute approximate surface area is 134 Å². The molecule has 5 nitrogen and oxygen atoms in total. The number of piperazine rings is 1. The van der Waals surface area contributed by atoms with Gasteiger partial charge in [-0.15, -0.1) is 11.3 Å². The first-order chi connectivity index (χ1) is 10.8. The van der Waals surface area contributed by atoms with Gasteiger partial charge in [-0.05, 0) is 24.3 Å². The van der Waals surface area contributed by atoms with E-state index in [1.54, 1.807) is 17.7 Å². The van der Waals surface area contributed by atoms with Gasteiger partial charge in [0.25, 0.3) is 0 Å². The number of aromatic nitrogens is 2. The first-order valence-corrected chi connectivity index (χ1v) is 9.06. The molecule has 0 spiro atoms. The summed E-state index contributed by atoms with van der Waals surface area (Å²) in [6, 6.07) is 2.48. The SMILES string of the molecule is OC1CCCCC1N1CCN(c2ncnc3sccc23)CC1. The summed E-state index contributed by atoms with van der Waals surface area (Å²) < 4.78 is 0. The van der Waals surface area contributed by atoms with Gasteiger partial charge in [0.15, 0.2) is 0 Å². The lowest BCUT2D eigenvalue weighted by Crippen LogP contribution is -2.54. The van der Waals surface area contributed by atoms with Crippen LogP contribution in [0.2, 0.25) is 0 Å². The fourth-order valence-electron chi connectivity index (χ4n) is 3.81. The second-order valence-corrected chi connectivity index (χ2v) is 7.17. The second-order valence-electron chi connectivity index (χ2n) is 6.28. The molecular weight excluding hydrogens is 296 g/mol. The number of fused-ring (bicyclic) bond motifs is 1. The highest BCUT2D eigenvalue weighted by molar-refractivity contribution is 7.16. The van der Waals surface area contributed by atoms with Crippen LogP contribution in [0, 0.1) is 0 Å². The van der Waals surface area contributed by atoms with Gasteiger partial charge in [-0.3, -0.25) is 4.90 Å². The largest absolute Gasteiger partial charge is 0.391 e. The topological polar surface area (TPSA) is 52.5 Å². The van der Waals surface area contributed by atoms with Crippen LogP contribution in [0.25, 0.3) is 10.2 Å². The number of aliphatic hydroxyl groups excluding tert-OH is 1. The monoisotopic (exact) mass is 318 g/mol. The third kappa shape index (κ3) is 2.59. The fraction of sp³-hybridized carbons (Fsp3) is 0.625. The van der Waals surface area contributed by atoms with Crippen molar-refractivity contribution in [3.8, 4) is 0 Å². The molecule has 1 aliphatic heterocycles. The summed E-state index contributed by atoms with van der Waals surface area (Å²) in [7, 11) is 0. The molecule has 2 atom stereocenters. The number of thiophene rings is 1. The molecule has 22 heavy (non-hydrogen) atoms. The molecule has 2 aromatic rings. The Bertz CT molecular complexity index is 638. The van der Waals surface area contributed by atoms with E-state index in [0.717, 1.165) is 49.7 Å². The second kappa shape index (κ2) is 6.10. The Morgan fingerprint density at radius 2 is 1.91 bits per heavy atom. The summed E-state index contributed by atoms with van der Waals surface area (Å²) in [5.41, 5.74) is 0. The molecule has 0 amide bonds. The van der Waals surface area contributed by atoms with Crippen LogP contribution >= 0.6 is 11.3 Å². The zero-order valence-electron chi connectivity index (χ0n) is 12.7. The Hall–Kier alpha value is -1.24. The molecule has 1 aliphatic carbocycles. The predicted molar refractivity (Wildman–Crippen MR) is 89.5 cm³/mol. The van der Waals surface area contributed by atoms with E-state index < -0.39 is 0 Å². The maximum Gasteiger partial charge on any atom is 0.140 e. The van der Waals surface area contributed by atoms with Crippen molar-refractivity contribution in [2.45, 2.75) is 37.8 Å². The van der Waals surface area contributed by atoms with Gasteiger partial charge in [-0.25, -0.2) is 9.97 Å². The lowest BCUT2D eigenvalue weighted by Gasteiger charge is -2.43. The molecule has 2 aromatic heterocycles. The van der Waals surface area contributed by atoms with Crippen LogP contribution in [0.3, 0.4) is 0 Å². The van der Waals surface area contributed by atoms with Crippen LogP contribution in [-0.4, -0.2) is 58.3 Å². The van der Waals surface area contributed by atoms with Gasteiger partial charge in [0, 0.05) is 32.2 Å². The van der Waals surface area contributed by atoms with Crippen molar-refractivity contribution < 1.29 is 5.11 Å². The highest BCUT2D eigenvalue weighted by Gasteiger charge is 2.31. The van der Waals surface area contributed by atoms with Gasteiger partial charge in [-0.1, -0.05) is 12.8 Å². The number of nitrogens with zero attached hydrogens (tertiary/aromatic N) is 4. The van der Waals surface area contributed by atoms with E-state index in [9.17, 15) is 5.11 Å². The molecule has 0 bridgehead atoms. The maximum absolute atomic E-state index is 10.2. The molecule has 0 aromatic carbocycles. The molecule has 3 heterocycles. The van der Waals surface area contributed by atoms with Gasteiger partial charge in [-0.2, -0.15) is 0 Å². The Morgan fingerprint density at radius 3 is 2.73 bits per heavy atom. The van der Waals surface area contributed by atoms with Gasteiger partial charge in [0.1, 0.15) is 17.0 Å². The Kier molecular flexibility index (Phi) is 3.98. The lowest BCUT2D eigenvalue weighted by molar-refractivity contribution is 0.0173. The van der Waals surface area contributed by atoms with Crippen LogP contribution in [-0.2, 0) is 0 Å². The molecule has 4 rings (SSSR count). The molecule has 1 saturated heterocycles. The summed E-state index contributed by atoms with van der Waals surface area (Å²) in [4.78, 5) is 14.7. The summed E-state index contributed by atoms with van der Waals surface area (Å²) in [6.45, 7) is 3.98. The van der Waals surface area contributed by atoms with Gasteiger partial charge >= 0.3 is 0 Å². The highest BCUT2D eigenvalue weighted by Crippen LogP contribution is 2.29. The molecular formula is C16H22N4OS. The van der Waals surface area contributed by atoms with Crippen LogP contribution < -0.4 is 4.90 Å². The molecule has 1 saturated carbocycles. The van der Waals surface area contributed by atoms with E-state index in [-0.39, 0.29) is 6.10 Å². The number of hydrogen-bond donors (Lipinski definition) is 1. The first kappa shape index (κ1) is 14.4. The quantitative estimate of drug-likeness (QED) is 0.919. The van der Waals surface area contributed by atoms with E-state index in [0.29, 0.717) is 6.04 Å². The van der Waals surface area contributed by atoms with Crippen LogP contribution in [0.15, 0.2) is 17.8 Å². The zero-order valence-corrected chi connectivity index (χ0v) is 13.5. The van der Waals surface area contributed by atoms with E-state index in [1.807, 2.05) is 0 Å². The number of hydrogen-bond acceptors (Lipinski definition) is 6. The van der Waals surface area contributed by atoms with Crippen LogP contribution in [0.4, 0.5) is 5.82 Å². The number of anilines is 1. The standard InChI is InChI=1S/C16H22N4OS/c21-14-4-2-1-3-13(14)19-6-8-20(9-7-19)15-12-5-10-22-16(12)18-11-17-15/h5,10-11,13-14,21H,1-4,6-9H2. The number of aliphatic hydroxyl groups is 1. The third-order valence-electron chi connectivity index (χ3n) is 5.02. The van der Waals surface area contributed by atoms with Crippen LogP contribution in [0.5, 0.6) is 0 Å². The van der Waals surface area contributed by atoms with E-state index >= 15 is 0 Å². The first-order valence-electron chi connectivity index (χ1n) is 8.18. The van der Waals surface area contributed by atoms with Crippen molar-refractivity contribution in [3.05, 3.63) is 17.8 Å². The molecule has 2 unspecified atom stereocenters. The van der Waals surface area contributed by atoms with Gasteiger partial charge in [0.05, 0.1) is 11.5 Å². The summed E-state index contributed by atoms with van der Waals surface area (Å²) >= 11 is 1.67. The van der Waals surface area contributed by atoms with E-state index in [4.69, 9.17) is 0 Å². The molecule has 118 valence electrons. The minimum atomic E-state index is -0.136. The van der Waals surface area contributed by atoms with E-state index in [2.05, 4.69) is 31.2 Å². The molecule has 2 aliphatic rings. The van der Waals surface area contributed by atoms with E-state index in [1.165, 1.54) is 18.2 Å². The average molecular weight is 318 g/mol. The molecule has 6 heteroatoms. The minimum absolute atomic E-state index is 0.136. The minimum Gasteiger partial charge on any atom is -0.391 e. The highest BCUT2D eigenvalue weighted by atomic mass is 32.1. The van der Waals surface area contributed by atoms with Gasteiger partial charge < -0.3 is 10.0 Å². The van der Waals surface area contributed by atoms with Crippen molar-refractivity contribution >= 4 is 27.4 Å². The molecule has 1 N–H and O–H groups in total. The smallest absolute Gasteiger partial charge is 0.140 e. The maximum atomic E-state index is 10.2. The number of rotatable bonds is 2.